The van der Waals surface area contributed by atoms with Crippen molar-refractivity contribution >= 4 is 22.8 Å². The second-order valence-corrected chi connectivity index (χ2v) is 4.58. The van der Waals surface area contributed by atoms with Gasteiger partial charge in [-0.1, -0.05) is 25.2 Å². The van der Waals surface area contributed by atoms with E-state index in [1.165, 1.54) is 11.3 Å². The molecule has 0 aliphatic rings. The first kappa shape index (κ1) is 11.2. The Labute approximate surface area is 88.8 Å². The summed E-state index contributed by atoms with van der Waals surface area (Å²) in [5.41, 5.74) is 0.941. The smallest absolute Gasteiger partial charge is 0.185 e. The highest BCUT2D eigenvalue weighted by Crippen LogP contribution is 2.29. The summed E-state index contributed by atoms with van der Waals surface area (Å²) < 4.78 is 0. The van der Waals surface area contributed by atoms with Crippen LogP contribution in [0.4, 0.5) is 5.13 Å². The zero-order chi connectivity index (χ0) is 10.7. The summed E-state index contributed by atoms with van der Waals surface area (Å²) in [5.74, 6) is 0.361. The number of aromatic nitrogens is 1. The summed E-state index contributed by atoms with van der Waals surface area (Å²) in [4.78, 5) is 18.0. The summed E-state index contributed by atoms with van der Waals surface area (Å²) in [6, 6.07) is 0. The summed E-state index contributed by atoms with van der Waals surface area (Å²) in [6.45, 7) is 4.20. The Hall–Kier alpha value is -0.900. The van der Waals surface area contributed by atoms with Crippen LogP contribution in [0.2, 0.25) is 0 Å². The third-order valence-electron chi connectivity index (χ3n) is 2.24. The van der Waals surface area contributed by atoms with Crippen LogP contribution in [-0.4, -0.2) is 25.4 Å². The number of hydrogen-bond acceptors (Lipinski definition) is 4. The van der Waals surface area contributed by atoms with E-state index in [-0.39, 0.29) is 0 Å². The maximum absolute atomic E-state index is 10.8. The molecule has 14 heavy (non-hydrogen) atoms. The lowest BCUT2D eigenvalue weighted by atomic mass is 10.0. The monoisotopic (exact) mass is 212 g/mol. The van der Waals surface area contributed by atoms with Crippen molar-refractivity contribution in [3.05, 3.63) is 10.6 Å². The molecule has 0 fully saturated rings. The predicted octanol–water partition coefficient (Wildman–Crippen LogP) is 2.54. The van der Waals surface area contributed by atoms with Crippen molar-refractivity contribution in [1.82, 2.24) is 4.98 Å². The van der Waals surface area contributed by atoms with Crippen molar-refractivity contribution in [3.8, 4) is 0 Å². The lowest BCUT2D eigenvalue weighted by Gasteiger charge is -2.07. The Balaban J connectivity index is 3.08. The van der Waals surface area contributed by atoms with Gasteiger partial charge in [-0.25, -0.2) is 4.98 Å². The molecule has 0 radical (unpaired) electrons. The Kier molecular flexibility index (Phi) is 3.63. The average Bonchev–Trinajstić information content (AvgIpc) is 2.60. The van der Waals surface area contributed by atoms with E-state index in [2.05, 4.69) is 18.8 Å². The second-order valence-electron chi connectivity index (χ2n) is 3.57. The van der Waals surface area contributed by atoms with Crippen LogP contribution in [0, 0.1) is 0 Å². The molecular weight excluding hydrogens is 196 g/mol. The number of hydrogen-bond donors (Lipinski definition) is 0. The van der Waals surface area contributed by atoms with Crippen LogP contribution in [0.15, 0.2) is 0 Å². The van der Waals surface area contributed by atoms with Gasteiger partial charge in [0.15, 0.2) is 11.4 Å². The molecular formula is C10H16N2OS. The standard InChI is InChI=1S/C10H16N2OS/c1-5-7(2)9-8(6-13)14-10(11-9)12(3)4/h6-7H,5H2,1-4H3. The molecule has 78 valence electrons. The van der Waals surface area contributed by atoms with Crippen LogP contribution in [-0.2, 0) is 0 Å². The van der Waals surface area contributed by atoms with Gasteiger partial charge in [-0.2, -0.15) is 0 Å². The van der Waals surface area contributed by atoms with Crippen molar-refractivity contribution in [2.45, 2.75) is 26.2 Å². The van der Waals surface area contributed by atoms with Gasteiger partial charge >= 0.3 is 0 Å². The largest absolute Gasteiger partial charge is 0.354 e. The van der Waals surface area contributed by atoms with E-state index in [1.807, 2.05) is 19.0 Å². The SMILES string of the molecule is CCC(C)c1nc(N(C)C)sc1C=O. The molecule has 1 rings (SSSR count). The minimum Gasteiger partial charge on any atom is -0.354 e. The highest BCUT2D eigenvalue weighted by atomic mass is 32.1. The summed E-state index contributed by atoms with van der Waals surface area (Å²) in [7, 11) is 3.88. The normalized spacial score (nSPS) is 12.6. The molecule has 0 bridgehead atoms. The quantitative estimate of drug-likeness (QED) is 0.719. The molecule has 0 N–H and O–H groups in total. The molecule has 1 aromatic heterocycles. The summed E-state index contributed by atoms with van der Waals surface area (Å²) in [5, 5.41) is 0.905. The van der Waals surface area contributed by atoms with E-state index in [4.69, 9.17) is 0 Å². The summed E-state index contributed by atoms with van der Waals surface area (Å²) in [6.07, 6.45) is 1.92. The highest BCUT2D eigenvalue weighted by molar-refractivity contribution is 7.17. The molecule has 0 saturated heterocycles. The molecule has 0 aromatic carbocycles. The van der Waals surface area contributed by atoms with E-state index in [1.54, 1.807) is 0 Å². The second kappa shape index (κ2) is 4.55. The Morgan fingerprint density at radius 2 is 2.21 bits per heavy atom. The van der Waals surface area contributed by atoms with Gasteiger partial charge in [0, 0.05) is 14.1 Å². The van der Waals surface area contributed by atoms with Crippen LogP contribution in [0.5, 0.6) is 0 Å². The number of thiazole rings is 1. The number of nitrogens with zero attached hydrogens (tertiary/aromatic N) is 2. The van der Waals surface area contributed by atoms with Crippen LogP contribution in [0.1, 0.15) is 41.6 Å². The molecule has 3 nitrogen and oxygen atoms in total. The van der Waals surface area contributed by atoms with Gasteiger partial charge in [-0.05, 0) is 12.3 Å². The van der Waals surface area contributed by atoms with Crippen LogP contribution >= 0.6 is 11.3 Å². The van der Waals surface area contributed by atoms with Gasteiger partial charge in [0.1, 0.15) is 0 Å². The number of carbonyl (C=O) groups is 1. The minimum absolute atomic E-state index is 0.361. The molecule has 0 saturated carbocycles. The third-order valence-corrected chi connectivity index (χ3v) is 3.40. The first-order valence-electron chi connectivity index (χ1n) is 4.73. The predicted molar refractivity (Wildman–Crippen MR) is 60.5 cm³/mol. The van der Waals surface area contributed by atoms with Crippen LogP contribution < -0.4 is 4.90 Å². The number of rotatable bonds is 4. The lowest BCUT2D eigenvalue weighted by molar-refractivity contribution is 0.112. The molecule has 1 atom stereocenters. The fourth-order valence-electron chi connectivity index (χ4n) is 1.15. The van der Waals surface area contributed by atoms with E-state index in [0.717, 1.165) is 28.4 Å². The van der Waals surface area contributed by atoms with Gasteiger partial charge in [0.05, 0.1) is 10.6 Å². The molecule has 1 aromatic rings. The molecule has 0 aliphatic carbocycles. The molecule has 0 aliphatic heterocycles. The van der Waals surface area contributed by atoms with Gasteiger partial charge in [-0.15, -0.1) is 0 Å². The fraction of sp³-hybridized carbons (Fsp3) is 0.600. The lowest BCUT2D eigenvalue weighted by Crippen LogP contribution is -2.08. The van der Waals surface area contributed by atoms with Gasteiger partial charge in [-0.3, -0.25) is 4.79 Å². The Morgan fingerprint density at radius 3 is 2.64 bits per heavy atom. The van der Waals surface area contributed by atoms with Crippen molar-refractivity contribution in [3.63, 3.8) is 0 Å². The number of carbonyl (C=O) groups excluding carboxylic acids is 1. The Morgan fingerprint density at radius 1 is 1.57 bits per heavy atom. The summed E-state index contributed by atoms with van der Waals surface area (Å²) >= 11 is 1.46. The molecule has 0 spiro atoms. The molecule has 1 unspecified atom stereocenters. The molecule has 4 heteroatoms. The van der Waals surface area contributed by atoms with Gasteiger partial charge in [0.2, 0.25) is 0 Å². The van der Waals surface area contributed by atoms with Crippen molar-refractivity contribution in [2.24, 2.45) is 0 Å². The molecule has 1 heterocycles. The van der Waals surface area contributed by atoms with E-state index < -0.39 is 0 Å². The van der Waals surface area contributed by atoms with Gasteiger partial charge in [0.25, 0.3) is 0 Å². The van der Waals surface area contributed by atoms with Crippen molar-refractivity contribution in [2.75, 3.05) is 19.0 Å². The number of anilines is 1. The zero-order valence-electron chi connectivity index (χ0n) is 9.07. The number of aldehydes is 1. The van der Waals surface area contributed by atoms with E-state index in [9.17, 15) is 4.79 Å². The van der Waals surface area contributed by atoms with E-state index in [0.29, 0.717) is 5.92 Å². The third kappa shape index (κ3) is 2.12. The van der Waals surface area contributed by atoms with Crippen molar-refractivity contribution < 1.29 is 4.79 Å². The van der Waals surface area contributed by atoms with Crippen molar-refractivity contribution in [1.29, 1.82) is 0 Å². The molecule has 0 amide bonds. The fourth-order valence-corrected chi connectivity index (χ4v) is 2.08. The van der Waals surface area contributed by atoms with Gasteiger partial charge < -0.3 is 4.90 Å². The average molecular weight is 212 g/mol. The first-order chi connectivity index (χ1) is 6.60. The van der Waals surface area contributed by atoms with Crippen LogP contribution in [0.3, 0.4) is 0 Å². The zero-order valence-corrected chi connectivity index (χ0v) is 9.89. The Bertz CT molecular complexity index is 320. The minimum atomic E-state index is 0.361. The topological polar surface area (TPSA) is 33.2 Å². The maximum Gasteiger partial charge on any atom is 0.185 e. The maximum atomic E-state index is 10.8. The first-order valence-corrected chi connectivity index (χ1v) is 5.55. The van der Waals surface area contributed by atoms with E-state index >= 15 is 0 Å². The highest BCUT2D eigenvalue weighted by Gasteiger charge is 2.16. The van der Waals surface area contributed by atoms with Crippen LogP contribution in [0.25, 0.3) is 0 Å².